The fourth-order valence-electron chi connectivity index (χ4n) is 2.45. The summed E-state index contributed by atoms with van der Waals surface area (Å²) in [6, 6.07) is 16.0. The number of rotatable bonds is 6. The van der Waals surface area contributed by atoms with Crippen molar-refractivity contribution in [3.05, 3.63) is 77.7 Å². The molecule has 0 aliphatic rings. The van der Waals surface area contributed by atoms with Crippen LogP contribution in [0.3, 0.4) is 0 Å². The van der Waals surface area contributed by atoms with Gasteiger partial charge in [0.15, 0.2) is 12.4 Å². The van der Waals surface area contributed by atoms with Crippen molar-refractivity contribution in [2.24, 2.45) is 0 Å². The highest BCUT2D eigenvalue weighted by atomic mass is 16.5. The van der Waals surface area contributed by atoms with E-state index in [0.29, 0.717) is 17.1 Å². The lowest BCUT2D eigenvalue weighted by Gasteiger charge is -2.11. The number of carbonyl (C=O) groups excluding carboxylic acids is 2. The summed E-state index contributed by atoms with van der Waals surface area (Å²) in [5.74, 6) is 0.289. The second-order valence-corrected chi connectivity index (χ2v) is 6.11. The van der Waals surface area contributed by atoms with Gasteiger partial charge in [0.25, 0.3) is 11.8 Å². The Kier molecular flexibility index (Phi) is 5.56. The van der Waals surface area contributed by atoms with Gasteiger partial charge in [-0.1, -0.05) is 17.7 Å². The number of aryl methyl sites for hydroxylation is 2. The quantitative estimate of drug-likeness (QED) is 0.688. The van der Waals surface area contributed by atoms with E-state index in [0.717, 1.165) is 11.1 Å². The van der Waals surface area contributed by atoms with Crippen molar-refractivity contribution in [1.29, 1.82) is 0 Å². The van der Waals surface area contributed by atoms with Crippen molar-refractivity contribution in [3.63, 3.8) is 0 Å². The van der Waals surface area contributed by atoms with Crippen LogP contribution in [0.5, 0.6) is 5.75 Å². The Bertz CT molecular complexity index is 931. The molecule has 0 aliphatic carbocycles. The van der Waals surface area contributed by atoms with Gasteiger partial charge in [0, 0.05) is 11.4 Å². The van der Waals surface area contributed by atoms with Crippen molar-refractivity contribution in [2.75, 3.05) is 17.2 Å². The zero-order valence-electron chi connectivity index (χ0n) is 15.1. The molecule has 6 heteroatoms. The third-order valence-electron chi connectivity index (χ3n) is 3.89. The summed E-state index contributed by atoms with van der Waals surface area (Å²) in [7, 11) is 0. The zero-order valence-corrected chi connectivity index (χ0v) is 15.1. The minimum atomic E-state index is -0.327. The lowest BCUT2D eigenvalue weighted by molar-refractivity contribution is -0.118. The fraction of sp³-hybridized carbons (Fsp3) is 0.143. The Hall–Kier alpha value is -3.54. The first-order valence-electron chi connectivity index (χ1n) is 8.46. The van der Waals surface area contributed by atoms with Gasteiger partial charge < -0.3 is 19.8 Å². The van der Waals surface area contributed by atoms with Crippen LogP contribution < -0.4 is 15.4 Å². The Morgan fingerprint density at radius 1 is 1.00 bits per heavy atom. The van der Waals surface area contributed by atoms with Crippen molar-refractivity contribution in [3.8, 4) is 5.75 Å². The van der Waals surface area contributed by atoms with Crippen molar-refractivity contribution in [2.45, 2.75) is 13.8 Å². The molecule has 0 aliphatic heterocycles. The molecule has 0 atom stereocenters. The van der Waals surface area contributed by atoms with Crippen LogP contribution in [0.25, 0.3) is 0 Å². The first-order chi connectivity index (χ1) is 13.0. The summed E-state index contributed by atoms with van der Waals surface area (Å²) >= 11 is 0. The molecule has 3 rings (SSSR count). The molecule has 2 aromatic carbocycles. The average Bonchev–Trinajstić information content (AvgIpc) is 3.18. The molecule has 0 spiro atoms. The SMILES string of the molecule is Cc1ccc(OCC(=O)Nc2ccc(NC(=O)c3ccco3)c(C)c2)cc1. The Morgan fingerprint density at radius 2 is 1.78 bits per heavy atom. The van der Waals surface area contributed by atoms with Gasteiger partial charge in [-0.3, -0.25) is 9.59 Å². The largest absolute Gasteiger partial charge is 0.484 e. The van der Waals surface area contributed by atoms with Crippen molar-refractivity contribution in [1.82, 2.24) is 0 Å². The Morgan fingerprint density at radius 3 is 2.44 bits per heavy atom. The standard InChI is InChI=1S/C21H20N2O4/c1-14-5-8-17(9-6-14)27-13-20(24)22-16-7-10-18(15(2)12-16)23-21(25)19-4-3-11-26-19/h3-12H,13H2,1-2H3,(H,22,24)(H,23,25). The number of hydrogen-bond donors (Lipinski definition) is 2. The molecule has 0 radical (unpaired) electrons. The number of carbonyl (C=O) groups is 2. The maximum absolute atomic E-state index is 12.1. The molecule has 0 fully saturated rings. The molecule has 2 amide bonds. The van der Waals surface area contributed by atoms with Crippen LogP contribution in [0.2, 0.25) is 0 Å². The minimum Gasteiger partial charge on any atom is -0.484 e. The molecule has 0 saturated heterocycles. The molecular weight excluding hydrogens is 344 g/mol. The first-order valence-corrected chi connectivity index (χ1v) is 8.46. The molecule has 0 saturated carbocycles. The normalized spacial score (nSPS) is 10.3. The fourth-order valence-corrected chi connectivity index (χ4v) is 2.45. The van der Waals surface area contributed by atoms with E-state index in [1.54, 1.807) is 30.3 Å². The monoisotopic (exact) mass is 364 g/mol. The van der Waals surface area contributed by atoms with E-state index in [-0.39, 0.29) is 24.2 Å². The van der Waals surface area contributed by atoms with Crippen LogP contribution in [-0.4, -0.2) is 18.4 Å². The van der Waals surface area contributed by atoms with Crippen LogP contribution >= 0.6 is 0 Å². The lowest BCUT2D eigenvalue weighted by Crippen LogP contribution is -2.20. The van der Waals surface area contributed by atoms with Gasteiger partial charge >= 0.3 is 0 Å². The van der Waals surface area contributed by atoms with Gasteiger partial charge in [-0.25, -0.2) is 0 Å². The molecule has 0 unspecified atom stereocenters. The number of ether oxygens (including phenoxy) is 1. The molecule has 1 aromatic heterocycles. The van der Waals surface area contributed by atoms with Gasteiger partial charge in [0.1, 0.15) is 5.75 Å². The predicted molar refractivity (Wildman–Crippen MR) is 103 cm³/mol. The van der Waals surface area contributed by atoms with E-state index in [2.05, 4.69) is 10.6 Å². The third kappa shape index (κ3) is 4.98. The smallest absolute Gasteiger partial charge is 0.291 e. The molecule has 138 valence electrons. The van der Waals surface area contributed by atoms with Gasteiger partial charge in [-0.15, -0.1) is 0 Å². The lowest BCUT2D eigenvalue weighted by atomic mass is 10.1. The summed E-state index contributed by atoms with van der Waals surface area (Å²) in [4.78, 5) is 24.1. The minimum absolute atomic E-state index is 0.0842. The summed E-state index contributed by atoms with van der Waals surface area (Å²) in [6.07, 6.45) is 1.44. The third-order valence-corrected chi connectivity index (χ3v) is 3.89. The van der Waals surface area contributed by atoms with Gasteiger partial charge in [0.2, 0.25) is 0 Å². The molecule has 1 heterocycles. The van der Waals surface area contributed by atoms with Crippen molar-refractivity contribution >= 4 is 23.2 Å². The highest BCUT2D eigenvalue weighted by Gasteiger charge is 2.11. The summed E-state index contributed by atoms with van der Waals surface area (Å²) in [5.41, 5.74) is 3.21. The van der Waals surface area contributed by atoms with Crippen LogP contribution in [0.15, 0.2) is 65.3 Å². The van der Waals surface area contributed by atoms with Crippen LogP contribution in [0.4, 0.5) is 11.4 Å². The van der Waals surface area contributed by atoms with E-state index in [1.807, 2.05) is 38.1 Å². The van der Waals surface area contributed by atoms with E-state index >= 15 is 0 Å². The second kappa shape index (κ2) is 8.23. The molecule has 2 N–H and O–H groups in total. The number of amides is 2. The zero-order chi connectivity index (χ0) is 19.2. The van der Waals surface area contributed by atoms with Crippen LogP contribution in [0, 0.1) is 13.8 Å². The number of hydrogen-bond acceptors (Lipinski definition) is 4. The van der Waals surface area contributed by atoms with Gasteiger partial charge in [-0.2, -0.15) is 0 Å². The highest BCUT2D eigenvalue weighted by Crippen LogP contribution is 2.21. The van der Waals surface area contributed by atoms with Crippen LogP contribution in [-0.2, 0) is 4.79 Å². The maximum atomic E-state index is 12.1. The van der Waals surface area contributed by atoms with Gasteiger partial charge in [-0.05, 0) is 61.9 Å². The maximum Gasteiger partial charge on any atom is 0.291 e. The Labute approximate surface area is 157 Å². The van der Waals surface area contributed by atoms with Crippen molar-refractivity contribution < 1.29 is 18.7 Å². The Balaban J connectivity index is 1.55. The molecule has 27 heavy (non-hydrogen) atoms. The van der Waals surface area contributed by atoms with E-state index in [4.69, 9.17) is 9.15 Å². The molecule has 6 nitrogen and oxygen atoms in total. The first kappa shape index (κ1) is 18.3. The molecule has 0 bridgehead atoms. The van der Waals surface area contributed by atoms with Crippen LogP contribution in [0.1, 0.15) is 21.7 Å². The van der Waals surface area contributed by atoms with Gasteiger partial charge in [0.05, 0.1) is 6.26 Å². The number of benzene rings is 2. The summed E-state index contributed by atoms with van der Waals surface area (Å²) in [6.45, 7) is 3.74. The number of anilines is 2. The second-order valence-electron chi connectivity index (χ2n) is 6.11. The summed E-state index contributed by atoms with van der Waals surface area (Å²) < 4.78 is 10.5. The number of furan rings is 1. The number of nitrogens with one attached hydrogen (secondary N) is 2. The van der Waals surface area contributed by atoms with E-state index in [1.165, 1.54) is 6.26 Å². The predicted octanol–water partition coefficient (Wildman–Crippen LogP) is 4.17. The highest BCUT2D eigenvalue weighted by molar-refractivity contribution is 6.03. The topological polar surface area (TPSA) is 80.6 Å². The van der Waals surface area contributed by atoms with E-state index < -0.39 is 0 Å². The molecular formula is C21H20N2O4. The average molecular weight is 364 g/mol. The molecule has 3 aromatic rings. The van der Waals surface area contributed by atoms with E-state index in [9.17, 15) is 9.59 Å². The summed E-state index contributed by atoms with van der Waals surface area (Å²) in [5, 5.41) is 5.55.